The summed E-state index contributed by atoms with van der Waals surface area (Å²) in [5.74, 6) is 0.0765. The molecular formula is C22H35N3O9. The molecule has 0 aromatic heterocycles. The van der Waals surface area contributed by atoms with Crippen LogP contribution in [0.15, 0.2) is 18.2 Å². The number of alkyl carbamates (subject to hydrolysis) is 1. The number of carbonyl (C=O) groups is 2. The summed E-state index contributed by atoms with van der Waals surface area (Å²) in [7, 11) is 0. The van der Waals surface area contributed by atoms with Crippen LogP contribution in [0.3, 0.4) is 0 Å². The maximum Gasteiger partial charge on any atom is 0.407 e. The van der Waals surface area contributed by atoms with Crippen molar-refractivity contribution in [2.75, 3.05) is 52.7 Å². The smallest absolute Gasteiger partial charge is 0.407 e. The lowest BCUT2D eigenvalue weighted by atomic mass is 10.2. The molecule has 2 amide bonds. The van der Waals surface area contributed by atoms with E-state index in [9.17, 15) is 19.7 Å². The first-order valence-corrected chi connectivity index (χ1v) is 11.3. The van der Waals surface area contributed by atoms with E-state index in [-0.39, 0.29) is 62.2 Å². The maximum absolute atomic E-state index is 11.8. The van der Waals surface area contributed by atoms with E-state index in [1.807, 2.05) is 0 Å². The van der Waals surface area contributed by atoms with Gasteiger partial charge in [0.15, 0.2) is 0 Å². The molecule has 12 heteroatoms. The molecule has 1 aromatic rings. The lowest BCUT2D eigenvalue weighted by Crippen LogP contribution is -2.35. The largest absolute Gasteiger partial charge is 0.493 e. The Morgan fingerprint density at radius 1 is 1.00 bits per heavy atom. The molecule has 0 saturated heterocycles. The zero-order valence-corrected chi connectivity index (χ0v) is 19.6. The van der Waals surface area contributed by atoms with Gasteiger partial charge in [-0.15, -0.1) is 0 Å². The Kier molecular flexibility index (Phi) is 15.8. The van der Waals surface area contributed by atoms with Crippen LogP contribution in [0, 0.1) is 10.1 Å². The van der Waals surface area contributed by atoms with Crippen LogP contribution in [0.1, 0.15) is 38.2 Å². The minimum Gasteiger partial charge on any atom is -0.493 e. The second-order valence-corrected chi connectivity index (χ2v) is 7.15. The van der Waals surface area contributed by atoms with Crippen LogP contribution in [0.25, 0.3) is 0 Å². The molecule has 0 saturated carbocycles. The van der Waals surface area contributed by atoms with Gasteiger partial charge >= 0.3 is 6.09 Å². The van der Waals surface area contributed by atoms with Gasteiger partial charge in [-0.3, -0.25) is 14.9 Å². The first-order valence-electron chi connectivity index (χ1n) is 11.3. The highest BCUT2D eigenvalue weighted by atomic mass is 16.6. The monoisotopic (exact) mass is 485 g/mol. The number of amides is 2. The molecule has 0 aliphatic carbocycles. The average Bonchev–Trinajstić information content (AvgIpc) is 2.83. The third-order valence-corrected chi connectivity index (χ3v) is 4.43. The van der Waals surface area contributed by atoms with E-state index in [1.54, 1.807) is 0 Å². The molecule has 0 radical (unpaired) electrons. The van der Waals surface area contributed by atoms with E-state index in [1.165, 1.54) is 18.2 Å². The maximum atomic E-state index is 11.8. The number of nitro groups is 1. The predicted molar refractivity (Wildman–Crippen MR) is 123 cm³/mol. The number of hydrogen-bond acceptors (Lipinski definition) is 9. The highest BCUT2D eigenvalue weighted by molar-refractivity contribution is 5.75. The Morgan fingerprint density at radius 2 is 1.71 bits per heavy atom. The fourth-order valence-corrected chi connectivity index (χ4v) is 2.63. The molecule has 0 unspecified atom stereocenters. The van der Waals surface area contributed by atoms with Crippen LogP contribution in [-0.2, 0) is 25.6 Å². The van der Waals surface area contributed by atoms with Gasteiger partial charge in [0.1, 0.15) is 12.4 Å². The van der Waals surface area contributed by atoms with Gasteiger partial charge in [0.25, 0.3) is 5.69 Å². The molecule has 0 aliphatic rings. The molecule has 0 atom stereocenters. The summed E-state index contributed by atoms with van der Waals surface area (Å²) >= 11 is 0. The fraction of sp³-hybridized carbons (Fsp3) is 0.636. The van der Waals surface area contributed by atoms with Crippen molar-refractivity contribution in [1.29, 1.82) is 0 Å². The van der Waals surface area contributed by atoms with Crippen LogP contribution in [0.4, 0.5) is 10.5 Å². The van der Waals surface area contributed by atoms with Crippen LogP contribution in [0.5, 0.6) is 5.75 Å². The van der Waals surface area contributed by atoms with Crippen molar-refractivity contribution in [2.24, 2.45) is 0 Å². The molecule has 0 heterocycles. The summed E-state index contributed by atoms with van der Waals surface area (Å²) in [5, 5.41) is 25.3. The molecule has 0 fully saturated rings. The number of unbranched alkanes of at least 4 members (excludes halogenated alkanes) is 1. The zero-order valence-electron chi connectivity index (χ0n) is 19.6. The molecule has 1 aromatic carbocycles. The van der Waals surface area contributed by atoms with Gasteiger partial charge in [-0.2, -0.15) is 0 Å². The number of benzene rings is 1. The third kappa shape index (κ3) is 13.6. The normalized spacial score (nSPS) is 10.5. The lowest BCUT2D eigenvalue weighted by molar-refractivity contribution is -0.385. The molecule has 3 N–H and O–H groups in total. The molecule has 0 aliphatic heterocycles. The number of ether oxygens (including phenoxy) is 4. The third-order valence-electron chi connectivity index (χ3n) is 4.43. The first-order chi connectivity index (χ1) is 16.5. The minimum atomic E-state index is -0.591. The number of nitro benzene ring substituents is 1. The summed E-state index contributed by atoms with van der Waals surface area (Å²) in [6.07, 6.45) is 2.11. The molecule has 0 bridgehead atoms. The van der Waals surface area contributed by atoms with Gasteiger partial charge in [-0.1, -0.05) is 13.3 Å². The summed E-state index contributed by atoms with van der Waals surface area (Å²) in [5.41, 5.74) is -0.0190. The van der Waals surface area contributed by atoms with E-state index >= 15 is 0 Å². The van der Waals surface area contributed by atoms with Crippen molar-refractivity contribution in [3.05, 3.63) is 33.9 Å². The molecular weight excluding hydrogens is 450 g/mol. The predicted octanol–water partition coefficient (Wildman–Crippen LogP) is 1.92. The molecule has 12 nitrogen and oxygen atoms in total. The van der Waals surface area contributed by atoms with Gasteiger partial charge in [0.05, 0.1) is 49.6 Å². The van der Waals surface area contributed by atoms with E-state index < -0.39 is 17.6 Å². The number of nitrogens with one attached hydrogen (secondary N) is 2. The second kappa shape index (κ2) is 18.5. The highest BCUT2D eigenvalue weighted by Gasteiger charge is 2.14. The van der Waals surface area contributed by atoms with Crippen molar-refractivity contribution >= 4 is 17.7 Å². The van der Waals surface area contributed by atoms with Crippen LogP contribution in [0.2, 0.25) is 0 Å². The summed E-state index contributed by atoms with van der Waals surface area (Å²) < 4.78 is 21.0. The standard InChI is InChI=1S/C22H35N3O9/c1-2-3-10-31-12-13-32-14-15-34-22(28)24-9-8-23-21(27)5-4-11-33-19-7-6-18(17-26)20(16-19)25(29)30/h6-7,16,26H,2-5,8-15,17H2,1H3,(H,23,27)(H,24,28). The topological polar surface area (TPSA) is 158 Å². The van der Waals surface area contributed by atoms with Crippen molar-refractivity contribution in [2.45, 2.75) is 39.2 Å². The summed E-state index contributed by atoms with van der Waals surface area (Å²) in [4.78, 5) is 33.8. The fourth-order valence-electron chi connectivity index (χ4n) is 2.63. The van der Waals surface area contributed by atoms with E-state index in [4.69, 9.17) is 24.1 Å². The van der Waals surface area contributed by atoms with Gasteiger partial charge in [-0.25, -0.2) is 4.79 Å². The molecule has 0 spiro atoms. The van der Waals surface area contributed by atoms with Crippen LogP contribution in [-0.4, -0.2) is 74.8 Å². The second-order valence-electron chi connectivity index (χ2n) is 7.15. The van der Waals surface area contributed by atoms with E-state index in [0.717, 1.165) is 19.4 Å². The Hall–Kier alpha value is -2.96. The Morgan fingerprint density at radius 3 is 2.41 bits per heavy atom. The van der Waals surface area contributed by atoms with Crippen molar-refractivity contribution in [3.8, 4) is 5.75 Å². The van der Waals surface area contributed by atoms with E-state index in [2.05, 4.69) is 17.6 Å². The Balaban J connectivity index is 2.02. The van der Waals surface area contributed by atoms with Gasteiger partial charge in [-0.05, 0) is 25.0 Å². The van der Waals surface area contributed by atoms with Crippen LogP contribution < -0.4 is 15.4 Å². The number of aliphatic hydroxyl groups excluding tert-OH is 1. The minimum absolute atomic E-state index is 0.124. The highest BCUT2D eigenvalue weighted by Crippen LogP contribution is 2.24. The van der Waals surface area contributed by atoms with Gasteiger partial charge in [0.2, 0.25) is 5.91 Å². The van der Waals surface area contributed by atoms with E-state index in [0.29, 0.717) is 19.6 Å². The summed E-state index contributed by atoms with van der Waals surface area (Å²) in [6, 6.07) is 4.19. The van der Waals surface area contributed by atoms with Crippen molar-refractivity contribution in [3.63, 3.8) is 0 Å². The number of aliphatic hydroxyl groups is 1. The summed E-state index contributed by atoms with van der Waals surface area (Å²) in [6.45, 7) is 4.39. The number of carbonyl (C=O) groups excluding carboxylic acids is 2. The molecule has 34 heavy (non-hydrogen) atoms. The number of hydrogen-bond donors (Lipinski definition) is 3. The quantitative estimate of drug-likeness (QED) is 0.151. The average molecular weight is 486 g/mol. The van der Waals surface area contributed by atoms with Gasteiger partial charge in [0, 0.05) is 26.1 Å². The number of nitrogens with zero attached hydrogens (tertiary/aromatic N) is 1. The number of rotatable bonds is 19. The molecule has 192 valence electrons. The SMILES string of the molecule is CCCCOCCOCCOC(=O)NCCNC(=O)CCCOc1ccc(CO)c([N+](=O)[O-])c1. The van der Waals surface area contributed by atoms with Gasteiger partial charge < -0.3 is 34.7 Å². The Labute approximate surface area is 199 Å². The first kappa shape index (κ1) is 29.1. The Bertz CT molecular complexity index is 746. The molecule has 1 rings (SSSR count). The lowest BCUT2D eigenvalue weighted by Gasteiger charge is -2.09. The van der Waals surface area contributed by atoms with Crippen LogP contribution >= 0.6 is 0 Å². The zero-order chi connectivity index (χ0) is 25.0. The van der Waals surface area contributed by atoms with Crippen molar-refractivity contribution < 1.29 is 38.6 Å². The van der Waals surface area contributed by atoms with Crippen molar-refractivity contribution in [1.82, 2.24) is 10.6 Å².